The summed E-state index contributed by atoms with van der Waals surface area (Å²) in [5.74, 6) is -0.243. The molecule has 0 spiro atoms. The fourth-order valence-electron chi connectivity index (χ4n) is 11.6. The maximum Gasteiger partial charge on any atom is 0.220 e. The zero-order valence-electron chi connectivity index (χ0n) is 53.5. The summed E-state index contributed by atoms with van der Waals surface area (Å²) in [6.07, 6.45) is 32.2. The number of allylic oxidation sites excluding steroid dienone is 8. The van der Waals surface area contributed by atoms with E-state index in [0.717, 1.165) is 70.6 Å². The molecular formula is C68H123NO18. The number of aliphatic hydroxyl groups excluding tert-OH is 11. The largest absolute Gasteiger partial charge is 0.394 e. The third-order valence-electron chi connectivity index (χ3n) is 17.2. The van der Waals surface area contributed by atoms with Gasteiger partial charge in [0.2, 0.25) is 5.91 Å². The fourth-order valence-corrected chi connectivity index (χ4v) is 11.6. The number of carbonyl (C=O) groups is 1. The number of hydrogen-bond acceptors (Lipinski definition) is 18. The first kappa shape index (κ1) is 79.0. The van der Waals surface area contributed by atoms with Gasteiger partial charge < -0.3 is 89.9 Å². The van der Waals surface area contributed by atoms with Gasteiger partial charge >= 0.3 is 0 Å². The lowest BCUT2D eigenvalue weighted by Crippen LogP contribution is -2.66. The SMILES string of the molecule is CC/C=C\C/C=C\C/C=C\C/C=C\CCCCCCCCCCCCCCCCCCCCC(=O)NC(COC1OC(CO)C(OC2OC(CO)C(OC3OC(CO)C(O)C(O)C3O)C(O)C2O)C(O)C1O)C(O)CCCCCCCCCCCCC. The average molecular weight is 1240 g/mol. The highest BCUT2D eigenvalue weighted by Gasteiger charge is 2.53. The molecule has 0 aliphatic carbocycles. The summed E-state index contributed by atoms with van der Waals surface area (Å²) >= 11 is 0. The second-order valence-corrected chi connectivity index (χ2v) is 24.6. The van der Waals surface area contributed by atoms with Gasteiger partial charge in [0, 0.05) is 6.42 Å². The van der Waals surface area contributed by atoms with E-state index in [9.17, 15) is 61.0 Å². The van der Waals surface area contributed by atoms with E-state index in [4.69, 9.17) is 28.4 Å². The third kappa shape index (κ3) is 32.7. The van der Waals surface area contributed by atoms with Crippen LogP contribution in [0.2, 0.25) is 0 Å². The normalized spacial score (nSPS) is 28.9. The van der Waals surface area contributed by atoms with Gasteiger partial charge in [-0.3, -0.25) is 4.79 Å². The maximum absolute atomic E-state index is 13.4. The van der Waals surface area contributed by atoms with E-state index in [1.54, 1.807) is 0 Å². The highest BCUT2D eigenvalue weighted by atomic mass is 16.8. The zero-order chi connectivity index (χ0) is 63.3. The molecule has 508 valence electrons. The molecule has 0 aromatic heterocycles. The summed E-state index contributed by atoms with van der Waals surface area (Å²) in [7, 11) is 0. The summed E-state index contributed by atoms with van der Waals surface area (Å²) in [6.45, 7) is 1.67. The molecule has 1 amide bonds. The monoisotopic (exact) mass is 1240 g/mol. The molecule has 3 saturated heterocycles. The maximum atomic E-state index is 13.4. The van der Waals surface area contributed by atoms with Crippen molar-refractivity contribution < 1.29 is 89.4 Å². The Morgan fingerprint density at radius 1 is 0.425 bits per heavy atom. The van der Waals surface area contributed by atoms with Crippen molar-refractivity contribution in [3.8, 4) is 0 Å². The van der Waals surface area contributed by atoms with Crippen LogP contribution >= 0.6 is 0 Å². The smallest absolute Gasteiger partial charge is 0.220 e. The minimum atomic E-state index is -1.97. The predicted molar refractivity (Wildman–Crippen MR) is 337 cm³/mol. The van der Waals surface area contributed by atoms with Crippen molar-refractivity contribution in [3.05, 3.63) is 48.6 Å². The van der Waals surface area contributed by atoms with Gasteiger partial charge in [0.25, 0.3) is 0 Å². The van der Waals surface area contributed by atoms with Crippen LogP contribution in [0.25, 0.3) is 0 Å². The molecule has 3 heterocycles. The topological polar surface area (TPSA) is 307 Å². The highest BCUT2D eigenvalue weighted by Crippen LogP contribution is 2.33. The van der Waals surface area contributed by atoms with E-state index in [-0.39, 0.29) is 18.9 Å². The fraction of sp³-hybridized carbons (Fsp3) is 0.868. The molecule has 17 unspecified atom stereocenters. The standard InChI is InChI=1S/C68H123NO18/c1-3-5-7-9-11-13-15-16-17-18-19-20-21-22-23-24-25-26-27-28-29-30-31-32-33-34-36-38-40-42-44-46-56(74)69-51(52(73)45-43-41-39-37-35-14-12-10-8-6-4-2)50-82-66-62(80)59(77)64(54(48-71)84-66)87-68-63(81)60(78)65(55(49-72)85-68)86-67-61(79)58(76)57(75)53(47-70)83-67/h5,7,11,13,16-17,19-20,51-55,57-68,70-73,75-81H,3-4,6,8-10,12,14-15,18,21-50H2,1-2H3,(H,69,74)/b7-5-,13-11-,17-16-,20-19-. The molecule has 3 aliphatic heterocycles. The van der Waals surface area contributed by atoms with Crippen LogP contribution in [0.15, 0.2) is 48.6 Å². The Morgan fingerprint density at radius 3 is 1.24 bits per heavy atom. The van der Waals surface area contributed by atoms with Crippen molar-refractivity contribution in [3.63, 3.8) is 0 Å². The van der Waals surface area contributed by atoms with Crippen molar-refractivity contribution >= 4 is 5.91 Å². The van der Waals surface area contributed by atoms with Gasteiger partial charge in [-0.25, -0.2) is 0 Å². The molecule has 19 heteroatoms. The first-order chi connectivity index (χ1) is 42.3. The number of amides is 1. The molecular weight excluding hydrogens is 1120 g/mol. The Hall–Kier alpha value is -2.25. The van der Waals surface area contributed by atoms with E-state index < -0.39 is 124 Å². The Balaban J connectivity index is 1.35. The minimum absolute atomic E-state index is 0.243. The lowest BCUT2D eigenvalue weighted by molar-refractivity contribution is -0.379. The van der Waals surface area contributed by atoms with Crippen LogP contribution in [-0.2, 0) is 33.2 Å². The Labute approximate surface area is 523 Å². The van der Waals surface area contributed by atoms with Crippen LogP contribution in [0.1, 0.15) is 245 Å². The molecule has 12 N–H and O–H groups in total. The number of aliphatic hydroxyl groups is 11. The average Bonchev–Trinajstić information content (AvgIpc) is 3.71. The quantitative estimate of drug-likeness (QED) is 0.0200. The zero-order valence-corrected chi connectivity index (χ0v) is 53.5. The van der Waals surface area contributed by atoms with E-state index in [0.29, 0.717) is 12.8 Å². The second kappa shape index (κ2) is 50.3. The van der Waals surface area contributed by atoms with Crippen molar-refractivity contribution in [1.29, 1.82) is 0 Å². The van der Waals surface area contributed by atoms with Crippen LogP contribution in [0.5, 0.6) is 0 Å². The molecule has 0 saturated carbocycles. The second-order valence-electron chi connectivity index (χ2n) is 24.6. The molecule has 3 aliphatic rings. The van der Waals surface area contributed by atoms with Gasteiger partial charge in [-0.15, -0.1) is 0 Å². The summed E-state index contributed by atoms with van der Waals surface area (Å²) in [4.78, 5) is 13.4. The van der Waals surface area contributed by atoms with Gasteiger partial charge in [-0.05, 0) is 51.4 Å². The van der Waals surface area contributed by atoms with Crippen molar-refractivity contribution in [2.24, 2.45) is 0 Å². The highest BCUT2D eigenvalue weighted by molar-refractivity contribution is 5.76. The summed E-state index contributed by atoms with van der Waals surface area (Å²) in [5.41, 5.74) is 0. The first-order valence-corrected chi connectivity index (χ1v) is 34.4. The van der Waals surface area contributed by atoms with Gasteiger partial charge in [-0.2, -0.15) is 0 Å². The summed E-state index contributed by atoms with van der Waals surface area (Å²) in [6, 6.07) is -0.885. The van der Waals surface area contributed by atoms with Crippen LogP contribution in [0.3, 0.4) is 0 Å². The lowest BCUT2D eigenvalue weighted by atomic mass is 9.96. The van der Waals surface area contributed by atoms with Crippen LogP contribution in [0.4, 0.5) is 0 Å². The third-order valence-corrected chi connectivity index (χ3v) is 17.2. The summed E-state index contributed by atoms with van der Waals surface area (Å²) < 4.78 is 34.3. The molecule has 3 fully saturated rings. The van der Waals surface area contributed by atoms with Crippen molar-refractivity contribution in [1.82, 2.24) is 5.32 Å². The van der Waals surface area contributed by atoms with Crippen LogP contribution in [-0.4, -0.2) is 193 Å². The molecule has 0 aromatic rings. The predicted octanol–water partition coefficient (Wildman–Crippen LogP) is 8.61. The van der Waals surface area contributed by atoms with E-state index in [1.165, 1.54) is 141 Å². The van der Waals surface area contributed by atoms with Crippen molar-refractivity contribution in [2.75, 3.05) is 26.4 Å². The number of rotatable bonds is 52. The number of nitrogens with one attached hydrogen (secondary N) is 1. The van der Waals surface area contributed by atoms with E-state index in [1.807, 2.05) is 0 Å². The molecule has 17 atom stereocenters. The molecule has 19 nitrogen and oxygen atoms in total. The van der Waals surface area contributed by atoms with Gasteiger partial charge in [0.1, 0.15) is 73.2 Å². The number of ether oxygens (including phenoxy) is 6. The first-order valence-electron chi connectivity index (χ1n) is 34.4. The Morgan fingerprint density at radius 2 is 0.793 bits per heavy atom. The number of carbonyl (C=O) groups excluding carboxylic acids is 1. The molecule has 87 heavy (non-hydrogen) atoms. The number of unbranched alkanes of at least 4 members (excludes halogenated alkanes) is 28. The van der Waals surface area contributed by atoms with Gasteiger partial charge in [-0.1, -0.05) is 236 Å². The molecule has 0 aromatic carbocycles. The Kier molecular flexibility index (Phi) is 45.7. The molecule has 0 radical (unpaired) electrons. The Bertz CT molecular complexity index is 1770. The molecule has 3 rings (SSSR count). The lowest BCUT2D eigenvalue weighted by Gasteiger charge is -2.48. The summed E-state index contributed by atoms with van der Waals surface area (Å²) in [5, 5.41) is 120. The van der Waals surface area contributed by atoms with Crippen LogP contribution in [0, 0.1) is 0 Å². The van der Waals surface area contributed by atoms with Crippen LogP contribution < -0.4 is 5.32 Å². The minimum Gasteiger partial charge on any atom is -0.394 e. The van der Waals surface area contributed by atoms with E-state index >= 15 is 0 Å². The molecule has 0 bridgehead atoms. The number of hydrogen-bond donors (Lipinski definition) is 12. The van der Waals surface area contributed by atoms with Gasteiger partial charge in [0.15, 0.2) is 18.9 Å². The van der Waals surface area contributed by atoms with Gasteiger partial charge in [0.05, 0.1) is 38.6 Å². The van der Waals surface area contributed by atoms with E-state index in [2.05, 4.69) is 67.8 Å². The van der Waals surface area contributed by atoms with Crippen molar-refractivity contribution in [2.45, 2.75) is 349 Å².